The highest BCUT2D eigenvalue weighted by Gasteiger charge is 2.23. The van der Waals surface area contributed by atoms with Gasteiger partial charge in [-0.2, -0.15) is 0 Å². The Kier molecular flexibility index (Phi) is 2.27. The molecule has 1 unspecified atom stereocenters. The molecule has 3 rings (SSSR count). The first-order valence-electron chi connectivity index (χ1n) is 5.36. The molecule has 0 bridgehead atoms. The van der Waals surface area contributed by atoms with Crippen LogP contribution in [0, 0.1) is 0 Å². The van der Waals surface area contributed by atoms with Crippen LogP contribution in [0.4, 0.5) is 5.69 Å². The summed E-state index contributed by atoms with van der Waals surface area (Å²) in [6, 6.07) is 3.39. The van der Waals surface area contributed by atoms with Gasteiger partial charge in [-0.1, -0.05) is 0 Å². The smallest absolute Gasteiger partial charge is 0.294 e. The molecule has 18 heavy (non-hydrogen) atoms. The van der Waals surface area contributed by atoms with Crippen LogP contribution in [0.5, 0.6) is 0 Å². The van der Waals surface area contributed by atoms with E-state index in [9.17, 15) is 15.1 Å². The molecule has 0 aromatic carbocycles. The standard InChI is InChI=1S/C11H10N4O3/c16-10-7-8(12-4-5-14-10)6-2-1-3-13-9(6)15(18)11(7)17/h1-3,5,10,12,16,18H,4H2. The molecule has 0 spiro atoms. The molecule has 0 saturated carbocycles. The van der Waals surface area contributed by atoms with Gasteiger partial charge in [-0.3, -0.25) is 9.79 Å². The monoisotopic (exact) mass is 246 g/mol. The number of rotatable bonds is 0. The van der Waals surface area contributed by atoms with Gasteiger partial charge in [-0.25, -0.2) is 4.98 Å². The average molecular weight is 246 g/mol. The van der Waals surface area contributed by atoms with Crippen molar-refractivity contribution in [3.05, 3.63) is 34.2 Å². The van der Waals surface area contributed by atoms with Crippen molar-refractivity contribution in [2.24, 2.45) is 4.99 Å². The number of hydrogen-bond donors (Lipinski definition) is 3. The highest BCUT2D eigenvalue weighted by atomic mass is 16.5. The predicted molar refractivity (Wildman–Crippen MR) is 65.1 cm³/mol. The first-order chi connectivity index (χ1) is 8.70. The molecule has 7 heteroatoms. The van der Waals surface area contributed by atoms with Gasteiger partial charge in [-0.05, 0) is 12.1 Å². The maximum atomic E-state index is 12.0. The average Bonchev–Trinajstić information content (AvgIpc) is 2.58. The molecule has 2 aromatic heterocycles. The zero-order valence-corrected chi connectivity index (χ0v) is 9.24. The molecule has 1 aliphatic heterocycles. The Labute approximate surface area is 101 Å². The fourth-order valence-corrected chi connectivity index (χ4v) is 2.03. The number of nitrogens with one attached hydrogen (secondary N) is 1. The SMILES string of the molecule is O=c1c2c(c3cccnc3n1O)NCC=NC2O. The van der Waals surface area contributed by atoms with Crippen LogP contribution in [0.1, 0.15) is 11.8 Å². The van der Waals surface area contributed by atoms with E-state index < -0.39 is 11.8 Å². The Hall–Kier alpha value is -2.41. The summed E-state index contributed by atoms with van der Waals surface area (Å²) in [6.45, 7) is 0.392. The third kappa shape index (κ3) is 1.37. The summed E-state index contributed by atoms with van der Waals surface area (Å²) in [5.74, 6) is 0. The summed E-state index contributed by atoms with van der Waals surface area (Å²) >= 11 is 0. The van der Waals surface area contributed by atoms with E-state index in [-0.39, 0.29) is 11.2 Å². The van der Waals surface area contributed by atoms with Crippen molar-refractivity contribution in [2.45, 2.75) is 6.23 Å². The third-order valence-electron chi connectivity index (χ3n) is 2.82. The number of anilines is 1. The van der Waals surface area contributed by atoms with Gasteiger partial charge in [0.2, 0.25) is 0 Å². The van der Waals surface area contributed by atoms with Gasteiger partial charge in [0.1, 0.15) is 0 Å². The molecule has 0 amide bonds. The number of aliphatic imine (C=N–C) groups is 1. The van der Waals surface area contributed by atoms with E-state index >= 15 is 0 Å². The molecule has 2 aromatic rings. The van der Waals surface area contributed by atoms with Gasteiger partial charge in [0.25, 0.3) is 5.56 Å². The first-order valence-corrected chi connectivity index (χ1v) is 5.36. The topological polar surface area (TPSA) is 99.7 Å². The van der Waals surface area contributed by atoms with Crippen molar-refractivity contribution in [3.63, 3.8) is 0 Å². The number of pyridine rings is 2. The normalized spacial score (nSPS) is 18.2. The van der Waals surface area contributed by atoms with Gasteiger partial charge < -0.3 is 15.6 Å². The number of nitrogens with zero attached hydrogens (tertiary/aromatic N) is 3. The summed E-state index contributed by atoms with van der Waals surface area (Å²) in [7, 11) is 0. The zero-order valence-electron chi connectivity index (χ0n) is 9.24. The van der Waals surface area contributed by atoms with Crippen molar-refractivity contribution >= 4 is 22.9 Å². The molecule has 0 saturated heterocycles. The zero-order chi connectivity index (χ0) is 12.7. The van der Waals surface area contributed by atoms with E-state index in [0.717, 1.165) is 0 Å². The van der Waals surface area contributed by atoms with Gasteiger partial charge in [0, 0.05) is 17.8 Å². The van der Waals surface area contributed by atoms with Crippen molar-refractivity contribution in [1.82, 2.24) is 9.71 Å². The lowest BCUT2D eigenvalue weighted by Crippen LogP contribution is -2.26. The van der Waals surface area contributed by atoms with E-state index in [0.29, 0.717) is 22.3 Å². The predicted octanol–water partition coefficient (Wildman–Crippen LogP) is 0.121. The third-order valence-corrected chi connectivity index (χ3v) is 2.82. The minimum Gasteiger partial charge on any atom is -0.423 e. The first kappa shape index (κ1) is 10.7. The van der Waals surface area contributed by atoms with E-state index in [1.807, 2.05) is 0 Å². The minimum absolute atomic E-state index is 0.0201. The Morgan fingerprint density at radius 2 is 2.33 bits per heavy atom. The van der Waals surface area contributed by atoms with Crippen LogP contribution in [-0.2, 0) is 0 Å². The van der Waals surface area contributed by atoms with Crippen LogP contribution in [-0.4, -0.2) is 32.8 Å². The quantitative estimate of drug-likeness (QED) is 0.573. The molecule has 0 radical (unpaired) electrons. The second-order valence-electron chi connectivity index (χ2n) is 3.87. The fourth-order valence-electron chi connectivity index (χ4n) is 2.03. The molecule has 1 atom stereocenters. The summed E-state index contributed by atoms with van der Waals surface area (Å²) in [5.41, 5.74) is -0.108. The Morgan fingerprint density at radius 3 is 3.17 bits per heavy atom. The Morgan fingerprint density at radius 1 is 1.50 bits per heavy atom. The van der Waals surface area contributed by atoms with Gasteiger partial charge in [-0.15, -0.1) is 4.73 Å². The Balaban J connectivity index is 2.49. The second kappa shape index (κ2) is 3.81. The lowest BCUT2D eigenvalue weighted by Gasteiger charge is -2.13. The maximum Gasteiger partial charge on any atom is 0.294 e. The van der Waals surface area contributed by atoms with Crippen molar-refractivity contribution in [3.8, 4) is 0 Å². The molecular weight excluding hydrogens is 236 g/mol. The number of fused-ring (bicyclic) bond motifs is 3. The minimum atomic E-state index is -1.29. The molecule has 0 aliphatic carbocycles. The fraction of sp³-hybridized carbons (Fsp3) is 0.182. The lowest BCUT2D eigenvalue weighted by atomic mass is 10.1. The highest BCUT2D eigenvalue weighted by molar-refractivity contribution is 5.92. The summed E-state index contributed by atoms with van der Waals surface area (Å²) in [4.78, 5) is 19.7. The van der Waals surface area contributed by atoms with E-state index in [1.165, 1.54) is 12.4 Å². The van der Waals surface area contributed by atoms with E-state index in [2.05, 4.69) is 15.3 Å². The largest absolute Gasteiger partial charge is 0.423 e. The van der Waals surface area contributed by atoms with E-state index in [1.54, 1.807) is 12.1 Å². The maximum absolute atomic E-state index is 12.0. The van der Waals surface area contributed by atoms with Crippen LogP contribution in [0.15, 0.2) is 28.1 Å². The highest BCUT2D eigenvalue weighted by Crippen LogP contribution is 2.28. The van der Waals surface area contributed by atoms with Gasteiger partial charge in [0.15, 0.2) is 11.9 Å². The van der Waals surface area contributed by atoms with Crippen LogP contribution < -0.4 is 10.9 Å². The van der Waals surface area contributed by atoms with Crippen LogP contribution in [0.25, 0.3) is 11.0 Å². The van der Waals surface area contributed by atoms with Crippen LogP contribution >= 0.6 is 0 Å². The van der Waals surface area contributed by atoms with E-state index in [4.69, 9.17) is 0 Å². The van der Waals surface area contributed by atoms with Crippen LogP contribution in [0.3, 0.4) is 0 Å². The van der Waals surface area contributed by atoms with Gasteiger partial charge in [0.05, 0.1) is 17.8 Å². The van der Waals surface area contributed by atoms with Gasteiger partial charge >= 0.3 is 0 Å². The lowest BCUT2D eigenvalue weighted by molar-refractivity contribution is 0.165. The van der Waals surface area contributed by atoms with Crippen molar-refractivity contribution in [2.75, 3.05) is 11.9 Å². The molecule has 3 N–H and O–H groups in total. The molecule has 3 heterocycles. The molecule has 92 valence electrons. The summed E-state index contributed by atoms with van der Waals surface area (Å²) < 4.78 is 0.430. The summed E-state index contributed by atoms with van der Waals surface area (Å²) in [5, 5.41) is 23.1. The number of hydrogen-bond acceptors (Lipinski definition) is 6. The molecule has 1 aliphatic rings. The Bertz CT molecular complexity index is 707. The second-order valence-corrected chi connectivity index (χ2v) is 3.87. The summed E-state index contributed by atoms with van der Waals surface area (Å²) in [6.07, 6.45) is 1.67. The van der Waals surface area contributed by atoms with Crippen molar-refractivity contribution in [1.29, 1.82) is 0 Å². The van der Waals surface area contributed by atoms with Crippen molar-refractivity contribution < 1.29 is 10.3 Å². The molecule has 7 nitrogen and oxygen atoms in total. The number of aliphatic hydroxyl groups excluding tert-OH is 1. The molecular formula is C11H10N4O3. The van der Waals surface area contributed by atoms with Crippen LogP contribution in [0.2, 0.25) is 0 Å². The number of aliphatic hydroxyl groups is 1. The number of aromatic nitrogens is 2. The molecule has 0 fully saturated rings.